The van der Waals surface area contributed by atoms with Crippen LogP contribution in [-0.2, 0) is 20.0 Å². The standard InChI is InChI=1S/C16H23NO3S/c1-16(2,3)13-6-4-5-7-14(13)17-15(18)12-8-10-21(19,20)11-9-12/h4-7,12H,8-11H2,1-3H3,(H,17,18). The molecular formula is C16H23NO3S. The minimum atomic E-state index is -2.93. The van der Waals surface area contributed by atoms with Crippen molar-refractivity contribution in [2.45, 2.75) is 39.0 Å². The second kappa shape index (κ2) is 5.79. The molecule has 1 aromatic rings. The van der Waals surface area contributed by atoms with Gasteiger partial charge in [-0.05, 0) is 29.9 Å². The Morgan fingerprint density at radius 1 is 1.14 bits per heavy atom. The van der Waals surface area contributed by atoms with Gasteiger partial charge in [0.05, 0.1) is 11.5 Å². The molecule has 5 heteroatoms. The van der Waals surface area contributed by atoms with Gasteiger partial charge in [-0.25, -0.2) is 8.42 Å². The SMILES string of the molecule is CC(C)(C)c1ccccc1NC(=O)C1CCS(=O)(=O)CC1. The lowest BCUT2D eigenvalue weighted by molar-refractivity contribution is -0.120. The van der Waals surface area contributed by atoms with Crippen molar-refractivity contribution < 1.29 is 13.2 Å². The number of nitrogens with one attached hydrogen (secondary N) is 1. The van der Waals surface area contributed by atoms with E-state index in [-0.39, 0.29) is 28.7 Å². The first-order valence-electron chi connectivity index (χ1n) is 7.30. The number of benzene rings is 1. The van der Waals surface area contributed by atoms with Crippen molar-refractivity contribution in [3.63, 3.8) is 0 Å². The Hall–Kier alpha value is -1.36. The zero-order valence-electron chi connectivity index (χ0n) is 12.8. The maximum absolute atomic E-state index is 12.4. The lowest BCUT2D eigenvalue weighted by Crippen LogP contribution is -2.32. The van der Waals surface area contributed by atoms with E-state index in [1.807, 2.05) is 24.3 Å². The normalized spacial score (nSPS) is 19.2. The molecule has 1 saturated heterocycles. The minimum Gasteiger partial charge on any atom is -0.326 e. The van der Waals surface area contributed by atoms with E-state index in [4.69, 9.17) is 0 Å². The van der Waals surface area contributed by atoms with Gasteiger partial charge < -0.3 is 5.32 Å². The minimum absolute atomic E-state index is 0.0558. The molecule has 1 aliphatic rings. The predicted octanol–water partition coefficient (Wildman–Crippen LogP) is 2.75. The lowest BCUT2D eigenvalue weighted by Gasteiger charge is -2.25. The number of rotatable bonds is 2. The van der Waals surface area contributed by atoms with Crippen molar-refractivity contribution >= 4 is 21.4 Å². The fraction of sp³-hybridized carbons (Fsp3) is 0.562. The van der Waals surface area contributed by atoms with Crippen molar-refractivity contribution in [1.82, 2.24) is 0 Å². The van der Waals surface area contributed by atoms with Gasteiger partial charge in [0.2, 0.25) is 5.91 Å². The summed E-state index contributed by atoms with van der Waals surface area (Å²) in [6.07, 6.45) is 0.845. The molecule has 0 aromatic heterocycles. The van der Waals surface area contributed by atoms with Gasteiger partial charge in [0.15, 0.2) is 0 Å². The Balaban J connectivity index is 2.11. The van der Waals surface area contributed by atoms with Crippen molar-refractivity contribution in [3.05, 3.63) is 29.8 Å². The first-order chi connectivity index (χ1) is 9.69. The third-order valence-electron chi connectivity index (χ3n) is 3.92. The Kier molecular flexibility index (Phi) is 4.42. The molecule has 2 rings (SSSR count). The highest BCUT2D eigenvalue weighted by atomic mass is 32.2. The second-order valence-corrected chi connectivity index (χ2v) is 9.01. The molecule has 0 aliphatic carbocycles. The van der Waals surface area contributed by atoms with Crippen molar-refractivity contribution in [1.29, 1.82) is 0 Å². The fourth-order valence-electron chi connectivity index (χ4n) is 2.63. The third kappa shape index (κ3) is 4.06. The van der Waals surface area contributed by atoms with Crippen LogP contribution in [0.5, 0.6) is 0 Å². The molecule has 1 fully saturated rings. The summed E-state index contributed by atoms with van der Waals surface area (Å²) in [5.74, 6) is -0.0407. The van der Waals surface area contributed by atoms with E-state index in [1.165, 1.54) is 0 Å². The van der Waals surface area contributed by atoms with Gasteiger partial charge in [-0.2, -0.15) is 0 Å². The number of hydrogen-bond donors (Lipinski definition) is 1. The summed E-state index contributed by atoms with van der Waals surface area (Å²) in [6.45, 7) is 6.31. The monoisotopic (exact) mass is 309 g/mol. The van der Waals surface area contributed by atoms with Gasteiger partial charge in [-0.15, -0.1) is 0 Å². The average molecular weight is 309 g/mol. The van der Waals surface area contributed by atoms with E-state index in [2.05, 4.69) is 26.1 Å². The summed E-state index contributed by atoms with van der Waals surface area (Å²) in [5, 5.41) is 2.98. The highest BCUT2D eigenvalue weighted by Gasteiger charge is 2.29. The average Bonchev–Trinajstić information content (AvgIpc) is 2.37. The molecule has 1 heterocycles. The molecule has 1 aliphatic heterocycles. The predicted molar refractivity (Wildman–Crippen MR) is 85.1 cm³/mol. The van der Waals surface area contributed by atoms with E-state index >= 15 is 0 Å². The van der Waals surface area contributed by atoms with Crippen LogP contribution in [0.3, 0.4) is 0 Å². The summed E-state index contributed by atoms with van der Waals surface area (Å²) >= 11 is 0. The maximum Gasteiger partial charge on any atom is 0.227 e. The number of sulfone groups is 1. The molecule has 0 spiro atoms. The van der Waals surface area contributed by atoms with Gasteiger partial charge in [0, 0.05) is 11.6 Å². The molecule has 116 valence electrons. The molecule has 0 saturated carbocycles. The number of hydrogen-bond acceptors (Lipinski definition) is 3. The zero-order valence-corrected chi connectivity index (χ0v) is 13.7. The van der Waals surface area contributed by atoms with Crippen molar-refractivity contribution in [3.8, 4) is 0 Å². The number of carbonyl (C=O) groups excluding carboxylic acids is 1. The first-order valence-corrected chi connectivity index (χ1v) is 9.12. The lowest BCUT2D eigenvalue weighted by atomic mass is 9.85. The van der Waals surface area contributed by atoms with Crippen LogP contribution in [0.25, 0.3) is 0 Å². The van der Waals surface area contributed by atoms with E-state index in [9.17, 15) is 13.2 Å². The van der Waals surface area contributed by atoms with Crippen LogP contribution in [-0.4, -0.2) is 25.8 Å². The summed E-state index contributed by atoms with van der Waals surface area (Å²) in [5.41, 5.74) is 1.85. The van der Waals surface area contributed by atoms with Crippen LogP contribution < -0.4 is 5.32 Å². The van der Waals surface area contributed by atoms with Gasteiger partial charge >= 0.3 is 0 Å². The molecule has 21 heavy (non-hydrogen) atoms. The van der Waals surface area contributed by atoms with Crippen LogP contribution in [0.15, 0.2) is 24.3 Å². The quantitative estimate of drug-likeness (QED) is 0.913. The third-order valence-corrected chi connectivity index (χ3v) is 5.63. The van der Waals surface area contributed by atoms with E-state index < -0.39 is 9.84 Å². The van der Waals surface area contributed by atoms with Crippen LogP contribution >= 0.6 is 0 Å². The molecular weight excluding hydrogens is 286 g/mol. The first kappa shape index (κ1) is 16.0. The highest BCUT2D eigenvalue weighted by molar-refractivity contribution is 7.91. The second-order valence-electron chi connectivity index (χ2n) is 6.71. The van der Waals surface area contributed by atoms with Crippen molar-refractivity contribution in [2.75, 3.05) is 16.8 Å². The molecule has 1 aromatic carbocycles. The zero-order chi connectivity index (χ0) is 15.7. The molecule has 0 bridgehead atoms. The van der Waals surface area contributed by atoms with Gasteiger partial charge in [0.1, 0.15) is 9.84 Å². The summed E-state index contributed by atoms with van der Waals surface area (Å²) in [6, 6.07) is 7.78. The van der Waals surface area contributed by atoms with E-state index in [0.717, 1.165) is 11.3 Å². The van der Waals surface area contributed by atoms with E-state index in [0.29, 0.717) is 12.8 Å². The van der Waals surface area contributed by atoms with Crippen LogP contribution in [0, 0.1) is 5.92 Å². The van der Waals surface area contributed by atoms with Crippen LogP contribution in [0.1, 0.15) is 39.2 Å². The van der Waals surface area contributed by atoms with Crippen molar-refractivity contribution in [2.24, 2.45) is 5.92 Å². The van der Waals surface area contributed by atoms with Crippen LogP contribution in [0.2, 0.25) is 0 Å². The van der Waals surface area contributed by atoms with Gasteiger partial charge in [-0.1, -0.05) is 39.0 Å². The summed E-state index contributed by atoms with van der Waals surface area (Å²) in [7, 11) is -2.93. The smallest absolute Gasteiger partial charge is 0.227 e. The Labute approximate surface area is 126 Å². The van der Waals surface area contributed by atoms with Gasteiger partial charge in [-0.3, -0.25) is 4.79 Å². The molecule has 0 atom stereocenters. The Morgan fingerprint density at radius 3 is 2.29 bits per heavy atom. The largest absolute Gasteiger partial charge is 0.326 e. The molecule has 1 N–H and O–H groups in total. The maximum atomic E-state index is 12.4. The summed E-state index contributed by atoms with van der Waals surface area (Å²) < 4.78 is 22.9. The molecule has 0 unspecified atom stereocenters. The Bertz CT molecular complexity index is 615. The molecule has 1 amide bonds. The number of carbonyl (C=O) groups is 1. The summed E-state index contributed by atoms with van der Waals surface area (Å²) in [4.78, 5) is 12.4. The highest BCUT2D eigenvalue weighted by Crippen LogP contribution is 2.30. The Morgan fingerprint density at radius 2 is 1.71 bits per heavy atom. The number of para-hydroxylation sites is 1. The van der Waals surface area contributed by atoms with E-state index in [1.54, 1.807) is 0 Å². The van der Waals surface area contributed by atoms with Crippen LogP contribution in [0.4, 0.5) is 5.69 Å². The number of amides is 1. The van der Waals surface area contributed by atoms with Gasteiger partial charge in [0.25, 0.3) is 0 Å². The number of anilines is 1. The topological polar surface area (TPSA) is 63.2 Å². The molecule has 0 radical (unpaired) electrons. The fourth-order valence-corrected chi connectivity index (χ4v) is 4.12. The molecule has 4 nitrogen and oxygen atoms in total.